The molecule has 0 saturated heterocycles. The van der Waals surface area contributed by atoms with Crippen molar-refractivity contribution in [2.75, 3.05) is 5.01 Å². The number of nitrogens with zero attached hydrogens (tertiary/aromatic N) is 3. The topological polar surface area (TPSA) is 48.7 Å². The molecule has 1 atom stereocenters. The van der Waals surface area contributed by atoms with E-state index in [1.54, 1.807) is 47.2 Å². The molecule has 0 spiro atoms. The van der Waals surface area contributed by atoms with E-state index in [0.717, 1.165) is 11.3 Å². The highest BCUT2D eigenvalue weighted by molar-refractivity contribution is 7.14. The predicted molar refractivity (Wildman–Crippen MR) is 102 cm³/mol. The first-order chi connectivity index (χ1) is 12.8. The number of aliphatic hydroxyl groups is 1. The minimum Gasteiger partial charge on any atom is -0.362 e. The highest BCUT2D eigenvalue weighted by Gasteiger charge is 2.62. The summed E-state index contributed by atoms with van der Waals surface area (Å²) in [5, 5.41) is 19.0. The molecule has 0 saturated carbocycles. The number of hydrazone groups is 1. The Morgan fingerprint density at radius 1 is 1.15 bits per heavy atom. The first-order valence-corrected chi connectivity index (χ1v) is 9.84. The summed E-state index contributed by atoms with van der Waals surface area (Å²) in [6.45, 7) is 0. The van der Waals surface area contributed by atoms with Crippen LogP contribution in [0.4, 0.5) is 18.3 Å². The average Bonchev–Trinajstić information content (AvgIpc) is 3.34. The lowest BCUT2D eigenvalue weighted by molar-refractivity contribution is -0.254. The fraction of sp³-hybridized carbons (Fsp3) is 0.176. The average molecular weight is 430 g/mol. The number of halogens is 4. The number of thiazole rings is 1. The van der Waals surface area contributed by atoms with E-state index in [1.165, 1.54) is 11.3 Å². The maximum Gasteiger partial charge on any atom is 0.438 e. The van der Waals surface area contributed by atoms with Gasteiger partial charge < -0.3 is 5.11 Å². The Morgan fingerprint density at radius 2 is 1.89 bits per heavy atom. The molecule has 10 heteroatoms. The third-order valence-electron chi connectivity index (χ3n) is 4.06. The predicted octanol–water partition coefficient (Wildman–Crippen LogP) is 5.39. The van der Waals surface area contributed by atoms with Gasteiger partial charge in [0.05, 0.1) is 22.7 Å². The highest BCUT2D eigenvalue weighted by atomic mass is 35.5. The van der Waals surface area contributed by atoms with E-state index in [-0.39, 0.29) is 10.8 Å². The molecule has 1 unspecified atom stereocenters. The van der Waals surface area contributed by atoms with E-state index in [1.807, 2.05) is 0 Å². The summed E-state index contributed by atoms with van der Waals surface area (Å²) >= 11 is 8.11. The smallest absolute Gasteiger partial charge is 0.362 e. The van der Waals surface area contributed by atoms with Crippen LogP contribution in [0, 0.1) is 0 Å². The Labute approximate surface area is 165 Å². The molecule has 3 aromatic rings. The monoisotopic (exact) mass is 429 g/mol. The second kappa shape index (κ2) is 6.59. The Bertz CT molecular complexity index is 986. The van der Waals surface area contributed by atoms with Gasteiger partial charge in [-0.25, -0.2) is 4.98 Å². The van der Waals surface area contributed by atoms with Crippen LogP contribution in [0.1, 0.15) is 11.3 Å². The Balaban J connectivity index is 1.74. The number of hydrogen-bond donors (Lipinski definition) is 1. The zero-order valence-corrected chi connectivity index (χ0v) is 15.8. The first-order valence-electron chi connectivity index (χ1n) is 7.70. The fourth-order valence-corrected chi connectivity index (χ4v) is 4.35. The van der Waals surface area contributed by atoms with Crippen molar-refractivity contribution in [3.05, 3.63) is 57.1 Å². The van der Waals surface area contributed by atoms with Crippen LogP contribution < -0.4 is 5.01 Å². The second-order valence-corrected chi connectivity index (χ2v) is 8.07. The normalized spacial score (nSPS) is 20.2. The van der Waals surface area contributed by atoms with E-state index in [2.05, 4.69) is 10.1 Å². The summed E-state index contributed by atoms with van der Waals surface area (Å²) < 4.78 is 41.0. The molecule has 140 valence electrons. The molecular weight excluding hydrogens is 419 g/mol. The van der Waals surface area contributed by atoms with Crippen molar-refractivity contribution >= 4 is 45.1 Å². The van der Waals surface area contributed by atoms with Gasteiger partial charge in [-0.3, -0.25) is 0 Å². The highest BCUT2D eigenvalue weighted by Crippen LogP contribution is 2.45. The Morgan fingerprint density at radius 3 is 2.52 bits per heavy atom. The molecule has 0 fully saturated rings. The van der Waals surface area contributed by atoms with Crippen molar-refractivity contribution in [2.24, 2.45) is 5.10 Å². The number of anilines is 1. The van der Waals surface area contributed by atoms with Crippen LogP contribution in [0.25, 0.3) is 11.3 Å². The van der Waals surface area contributed by atoms with Crippen LogP contribution in [0.5, 0.6) is 0 Å². The number of hydrogen-bond acceptors (Lipinski definition) is 6. The van der Waals surface area contributed by atoms with Gasteiger partial charge in [0.1, 0.15) is 0 Å². The number of thiophene rings is 1. The molecule has 0 bridgehead atoms. The first kappa shape index (κ1) is 18.4. The minimum atomic E-state index is -4.90. The number of rotatable bonds is 3. The Kier molecular flexibility index (Phi) is 4.50. The van der Waals surface area contributed by atoms with Gasteiger partial charge in [0.15, 0.2) is 0 Å². The van der Waals surface area contributed by atoms with E-state index in [0.29, 0.717) is 26.2 Å². The van der Waals surface area contributed by atoms with E-state index in [9.17, 15) is 18.3 Å². The number of alkyl halides is 3. The standard InChI is InChI=1S/C17H11ClF3N3OS2/c18-11-5-3-10(4-6-11)13-9-27-15(22-13)24-16(25,17(19,20)21)8-12(23-24)14-2-1-7-26-14/h1-7,9,25H,8H2. The van der Waals surface area contributed by atoms with Crippen molar-refractivity contribution in [2.45, 2.75) is 18.3 Å². The van der Waals surface area contributed by atoms with E-state index in [4.69, 9.17) is 11.6 Å². The third kappa shape index (κ3) is 3.25. The van der Waals surface area contributed by atoms with Gasteiger partial charge in [-0.05, 0) is 23.6 Å². The lowest BCUT2D eigenvalue weighted by Crippen LogP contribution is -2.55. The van der Waals surface area contributed by atoms with Crippen LogP contribution in [-0.4, -0.2) is 27.7 Å². The van der Waals surface area contributed by atoms with Gasteiger partial charge in [0, 0.05) is 16.0 Å². The van der Waals surface area contributed by atoms with Gasteiger partial charge in [-0.2, -0.15) is 23.3 Å². The molecule has 2 aromatic heterocycles. The minimum absolute atomic E-state index is 0.0358. The van der Waals surface area contributed by atoms with Crippen molar-refractivity contribution < 1.29 is 18.3 Å². The molecule has 1 aliphatic rings. The van der Waals surface area contributed by atoms with Crippen LogP contribution >= 0.6 is 34.3 Å². The van der Waals surface area contributed by atoms with Crippen LogP contribution in [-0.2, 0) is 0 Å². The molecule has 0 radical (unpaired) electrons. The largest absolute Gasteiger partial charge is 0.438 e. The quantitative estimate of drug-likeness (QED) is 0.607. The molecule has 27 heavy (non-hydrogen) atoms. The van der Waals surface area contributed by atoms with Gasteiger partial charge >= 0.3 is 6.18 Å². The molecule has 1 aromatic carbocycles. The summed E-state index contributed by atoms with van der Waals surface area (Å²) in [5.41, 5.74) is -1.77. The summed E-state index contributed by atoms with van der Waals surface area (Å²) in [6, 6.07) is 10.2. The van der Waals surface area contributed by atoms with Crippen molar-refractivity contribution in [1.82, 2.24) is 4.98 Å². The van der Waals surface area contributed by atoms with Crippen molar-refractivity contribution in [3.8, 4) is 11.3 Å². The van der Waals surface area contributed by atoms with Crippen LogP contribution in [0.3, 0.4) is 0 Å². The SMILES string of the molecule is OC1(C(F)(F)F)CC(c2cccs2)=NN1c1nc(-c2ccc(Cl)cc2)cs1. The lowest BCUT2D eigenvalue weighted by atomic mass is 10.1. The van der Waals surface area contributed by atoms with Gasteiger partial charge in [0.25, 0.3) is 5.72 Å². The van der Waals surface area contributed by atoms with E-state index >= 15 is 0 Å². The maximum absolute atomic E-state index is 13.7. The second-order valence-electron chi connectivity index (χ2n) is 5.85. The van der Waals surface area contributed by atoms with Crippen molar-refractivity contribution in [3.63, 3.8) is 0 Å². The summed E-state index contributed by atoms with van der Waals surface area (Å²) in [7, 11) is 0. The molecule has 3 heterocycles. The van der Waals surface area contributed by atoms with Crippen molar-refractivity contribution in [1.29, 1.82) is 0 Å². The zero-order chi connectivity index (χ0) is 19.2. The molecule has 1 aliphatic heterocycles. The van der Waals surface area contributed by atoms with Crippen LogP contribution in [0.15, 0.2) is 52.3 Å². The molecule has 0 aliphatic carbocycles. The number of aromatic nitrogens is 1. The lowest BCUT2D eigenvalue weighted by Gasteiger charge is -2.32. The van der Waals surface area contributed by atoms with Crippen LogP contribution in [0.2, 0.25) is 5.02 Å². The maximum atomic E-state index is 13.7. The summed E-state index contributed by atoms with van der Waals surface area (Å²) in [6.07, 6.45) is -5.56. The van der Waals surface area contributed by atoms with Gasteiger partial charge in [0.2, 0.25) is 5.13 Å². The molecule has 4 nitrogen and oxygen atoms in total. The molecule has 4 rings (SSSR count). The summed E-state index contributed by atoms with van der Waals surface area (Å²) in [5.74, 6) is 0. The van der Waals surface area contributed by atoms with Gasteiger partial charge in [-0.1, -0.05) is 29.8 Å². The molecule has 0 amide bonds. The summed E-state index contributed by atoms with van der Waals surface area (Å²) in [4.78, 5) is 4.83. The third-order valence-corrected chi connectivity index (χ3v) is 6.04. The number of benzene rings is 1. The molecular formula is C17H11ClF3N3OS2. The molecule has 1 N–H and O–H groups in total. The zero-order valence-electron chi connectivity index (χ0n) is 13.4. The van der Waals surface area contributed by atoms with Gasteiger partial charge in [-0.15, -0.1) is 22.7 Å². The van der Waals surface area contributed by atoms with E-state index < -0.39 is 18.3 Å². The fourth-order valence-electron chi connectivity index (χ4n) is 2.66. The Hall–Kier alpha value is -1.94.